The van der Waals surface area contributed by atoms with Crippen molar-refractivity contribution in [2.75, 3.05) is 19.8 Å². The van der Waals surface area contributed by atoms with Gasteiger partial charge in [-0.25, -0.2) is 0 Å². The average Bonchev–Trinajstić information content (AvgIpc) is 2.19. The van der Waals surface area contributed by atoms with E-state index in [-0.39, 0.29) is 23.8 Å². The third kappa shape index (κ3) is 10.6. The van der Waals surface area contributed by atoms with E-state index in [9.17, 15) is 18.0 Å². The zero-order valence-electron chi connectivity index (χ0n) is 9.81. The van der Waals surface area contributed by atoms with Crippen molar-refractivity contribution in [3.05, 3.63) is 0 Å². The maximum atomic E-state index is 11.7. The lowest BCUT2D eigenvalue weighted by molar-refractivity contribution is -0.174. The SMILES string of the molecule is CC(C)C(Br)CNC(=O)CCOCC(F)(F)F. The van der Waals surface area contributed by atoms with E-state index in [1.165, 1.54) is 0 Å². The Morgan fingerprint density at radius 3 is 2.47 bits per heavy atom. The van der Waals surface area contributed by atoms with Gasteiger partial charge in [0.15, 0.2) is 0 Å². The third-order valence-electron chi connectivity index (χ3n) is 1.96. The number of halogens is 4. The first-order valence-corrected chi connectivity index (χ1v) is 6.19. The van der Waals surface area contributed by atoms with Crippen molar-refractivity contribution < 1.29 is 22.7 Å². The summed E-state index contributed by atoms with van der Waals surface area (Å²) in [6.07, 6.45) is -4.40. The first kappa shape index (κ1) is 16.7. The van der Waals surface area contributed by atoms with Crippen molar-refractivity contribution in [1.82, 2.24) is 5.32 Å². The van der Waals surface area contributed by atoms with Gasteiger partial charge in [-0.2, -0.15) is 13.2 Å². The van der Waals surface area contributed by atoms with E-state index in [1.54, 1.807) is 0 Å². The average molecular weight is 320 g/mol. The van der Waals surface area contributed by atoms with Crippen molar-refractivity contribution in [1.29, 1.82) is 0 Å². The summed E-state index contributed by atoms with van der Waals surface area (Å²) in [6.45, 7) is 2.92. The topological polar surface area (TPSA) is 38.3 Å². The molecule has 0 aromatic rings. The monoisotopic (exact) mass is 319 g/mol. The zero-order chi connectivity index (χ0) is 13.5. The summed E-state index contributed by atoms with van der Waals surface area (Å²) in [5.41, 5.74) is 0. The molecule has 1 atom stereocenters. The third-order valence-corrected chi connectivity index (χ3v) is 3.34. The molecule has 102 valence electrons. The predicted molar refractivity (Wildman–Crippen MR) is 62.1 cm³/mol. The Labute approximate surface area is 107 Å². The van der Waals surface area contributed by atoms with E-state index in [0.717, 1.165) is 0 Å². The van der Waals surface area contributed by atoms with Crippen LogP contribution >= 0.6 is 15.9 Å². The van der Waals surface area contributed by atoms with Crippen LogP contribution in [0.4, 0.5) is 13.2 Å². The Morgan fingerprint density at radius 1 is 1.41 bits per heavy atom. The van der Waals surface area contributed by atoms with Crippen LogP contribution in [-0.2, 0) is 9.53 Å². The molecule has 0 rings (SSSR count). The highest BCUT2D eigenvalue weighted by Crippen LogP contribution is 2.14. The first-order chi connectivity index (χ1) is 7.72. The molecule has 0 heterocycles. The van der Waals surface area contributed by atoms with Crippen LogP contribution in [0.5, 0.6) is 0 Å². The van der Waals surface area contributed by atoms with Gasteiger partial charge in [-0.15, -0.1) is 0 Å². The summed E-state index contributed by atoms with van der Waals surface area (Å²) in [5.74, 6) is 0.0639. The second kappa shape index (κ2) is 7.92. The number of carbonyl (C=O) groups excluding carboxylic acids is 1. The maximum absolute atomic E-state index is 11.7. The molecule has 0 spiro atoms. The summed E-state index contributed by atoms with van der Waals surface area (Å²) >= 11 is 3.38. The van der Waals surface area contributed by atoms with E-state index in [1.807, 2.05) is 13.8 Å². The van der Waals surface area contributed by atoms with Gasteiger partial charge in [-0.05, 0) is 5.92 Å². The molecule has 0 aliphatic carbocycles. The minimum Gasteiger partial charge on any atom is -0.372 e. The van der Waals surface area contributed by atoms with E-state index < -0.39 is 12.8 Å². The summed E-state index contributed by atoms with van der Waals surface area (Å²) in [4.78, 5) is 11.4. The number of nitrogens with one attached hydrogen (secondary N) is 1. The van der Waals surface area contributed by atoms with E-state index in [2.05, 4.69) is 26.0 Å². The number of rotatable bonds is 7. The van der Waals surface area contributed by atoms with Crippen LogP contribution in [0.3, 0.4) is 0 Å². The summed E-state index contributed by atoms with van der Waals surface area (Å²) in [7, 11) is 0. The van der Waals surface area contributed by atoms with Gasteiger partial charge in [0.25, 0.3) is 0 Å². The van der Waals surface area contributed by atoms with Crippen LogP contribution < -0.4 is 5.32 Å². The molecule has 0 saturated heterocycles. The fraction of sp³-hybridized carbons (Fsp3) is 0.900. The number of alkyl halides is 4. The summed E-state index contributed by atoms with van der Waals surface area (Å²) in [5, 5.41) is 2.61. The molecule has 7 heteroatoms. The van der Waals surface area contributed by atoms with Gasteiger partial charge in [0, 0.05) is 17.8 Å². The van der Waals surface area contributed by atoms with Crippen LogP contribution in [0.15, 0.2) is 0 Å². The highest BCUT2D eigenvalue weighted by molar-refractivity contribution is 9.09. The molecule has 1 N–H and O–H groups in total. The minimum atomic E-state index is -4.34. The molecule has 0 aliphatic rings. The zero-order valence-corrected chi connectivity index (χ0v) is 11.4. The second-order valence-corrected chi connectivity index (χ2v) is 5.16. The Morgan fingerprint density at radius 2 is 2.00 bits per heavy atom. The molecule has 0 aliphatic heterocycles. The standard InChI is InChI=1S/C10H17BrF3NO2/c1-7(2)8(11)5-15-9(16)3-4-17-6-10(12,13)14/h7-8H,3-6H2,1-2H3,(H,15,16). The second-order valence-electron chi connectivity index (χ2n) is 3.98. The predicted octanol–water partition coefficient (Wildman–Crippen LogP) is 2.49. The molecule has 1 unspecified atom stereocenters. The fourth-order valence-corrected chi connectivity index (χ4v) is 1.05. The molecular formula is C10H17BrF3NO2. The van der Waals surface area contributed by atoms with Crippen LogP contribution in [0, 0.1) is 5.92 Å². The van der Waals surface area contributed by atoms with Gasteiger partial charge in [-0.3, -0.25) is 4.79 Å². The molecule has 0 aromatic carbocycles. The molecular weight excluding hydrogens is 303 g/mol. The molecule has 0 saturated carbocycles. The van der Waals surface area contributed by atoms with Crippen molar-refractivity contribution in [2.24, 2.45) is 5.92 Å². The highest BCUT2D eigenvalue weighted by Gasteiger charge is 2.27. The Bertz CT molecular complexity index is 234. The number of amides is 1. The molecule has 0 radical (unpaired) electrons. The number of hydrogen-bond donors (Lipinski definition) is 1. The first-order valence-electron chi connectivity index (χ1n) is 5.27. The van der Waals surface area contributed by atoms with Gasteiger partial charge in [0.2, 0.25) is 5.91 Å². The maximum Gasteiger partial charge on any atom is 0.411 e. The largest absolute Gasteiger partial charge is 0.411 e. The van der Waals surface area contributed by atoms with Crippen LogP contribution in [-0.4, -0.2) is 36.7 Å². The molecule has 0 bridgehead atoms. The molecule has 1 amide bonds. The normalized spacial score (nSPS) is 13.8. The number of carbonyl (C=O) groups is 1. The van der Waals surface area contributed by atoms with Crippen molar-refractivity contribution in [3.8, 4) is 0 Å². The molecule has 0 aromatic heterocycles. The Balaban J connectivity index is 3.54. The van der Waals surface area contributed by atoms with Crippen LogP contribution in [0.25, 0.3) is 0 Å². The van der Waals surface area contributed by atoms with E-state index in [0.29, 0.717) is 12.5 Å². The number of ether oxygens (including phenoxy) is 1. The van der Waals surface area contributed by atoms with Gasteiger partial charge in [-0.1, -0.05) is 29.8 Å². The van der Waals surface area contributed by atoms with Crippen molar-refractivity contribution in [3.63, 3.8) is 0 Å². The Kier molecular flexibility index (Phi) is 7.78. The highest BCUT2D eigenvalue weighted by atomic mass is 79.9. The molecule has 17 heavy (non-hydrogen) atoms. The lowest BCUT2D eigenvalue weighted by Gasteiger charge is -2.14. The fourth-order valence-electron chi connectivity index (χ4n) is 0.888. The van der Waals surface area contributed by atoms with Gasteiger partial charge in [0.1, 0.15) is 6.61 Å². The van der Waals surface area contributed by atoms with Crippen molar-refractivity contribution >= 4 is 21.8 Å². The Hall–Kier alpha value is -0.300. The summed E-state index contributed by atoms with van der Waals surface area (Å²) in [6, 6.07) is 0. The molecule has 0 fully saturated rings. The molecule has 3 nitrogen and oxygen atoms in total. The van der Waals surface area contributed by atoms with E-state index in [4.69, 9.17) is 0 Å². The van der Waals surface area contributed by atoms with Crippen molar-refractivity contribution in [2.45, 2.75) is 31.3 Å². The minimum absolute atomic E-state index is 0.0616. The lowest BCUT2D eigenvalue weighted by atomic mass is 10.1. The smallest absolute Gasteiger partial charge is 0.372 e. The lowest BCUT2D eigenvalue weighted by Crippen LogP contribution is -2.32. The van der Waals surface area contributed by atoms with Gasteiger partial charge >= 0.3 is 6.18 Å². The number of hydrogen-bond acceptors (Lipinski definition) is 2. The van der Waals surface area contributed by atoms with Gasteiger partial charge < -0.3 is 10.1 Å². The van der Waals surface area contributed by atoms with Gasteiger partial charge in [0.05, 0.1) is 6.61 Å². The summed E-state index contributed by atoms with van der Waals surface area (Å²) < 4.78 is 39.4. The van der Waals surface area contributed by atoms with E-state index >= 15 is 0 Å². The van der Waals surface area contributed by atoms with Crippen LogP contribution in [0.2, 0.25) is 0 Å². The van der Waals surface area contributed by atoms with Crippen LogP contribution in [0.1, 0.15) is 20.3 Å². The quantitative estimate of drug-likeness (QED) is 0.578.